The van der Waals surface area contributed by atoms with E-state index in [0.29, 0.717) is 5.92 Å². The number of thiol groups is 1. The molecule has 0 saturated heterocycles. The summed E-state index contributed by atoms with van der Waals surface area (Å²) in [5, 5.41) is 0. The minimum Gasteiger partial charge on any atom is -0.261 e. The molecule has 0 N–H and O–H groups in total. The summed E-state index contributed by atoms with van der Waals surface area (Å²) in [6, 6.07) is 4.19. The van der Waals surface area contributed by atoms with Crippen molar-refractivity contribution in [3.63, 3.8) is 0 Å². The molecular weight excluding hydrogens is 178 g/mol. The average Bonchev–Trinajstić information content (AvgIpc) is 2.03. The van der Waals surface area contributed by atoms with Crippen molar-refractivity contribution in [2.75, 3.05) is 0 Å². The Kier molecular flexibility index (Phi) is 3.01. The lowest BCUT2D eigenvalue weighted by molar-refractivity contribution is 0.767. The van der Waals surface area contributed by atoms with Gasteiger partial charge in [-0.15, -0.1) is 0 Å². The third-order valence-electron chi connectivity index (χ3n) is 2.08. The predicted octanol–water partition coefficient (Wildman–Crippen LogP) is 3.37. The van der Waals surface area contributed by atoms with Gasteiger partial charge in [0.1, 0.15) is 0 Å². The van der Waals surface area contributed by atoms with Crippen LogP contribution in [0.4, 0.5) is 0 Å². The monoisotopic (exact) mass is 195 g/mol. The van der Waals surface area contributed by atoms with Crippen molar-refractivity contribution >= 4 is 12.6 Å². The van der Waals surface area contributed by atoms with Crippen molar-refractivity contribution in [3.8, 4) is 0 Å². The molecule has 0 fully saturated rings. The maximum atomic E-state index is 4.49. The molecule has 0 radical (unpaired) electrons. The van der Waals surface area contributed by atoms with Crippen LogP contribution in [-0.4, -0.2) is 4.98 Å². The minimum atomic E-state index is -0.0947. The van der Waals surface area contributed by atoms with Gasteiger partial charge in [0.2, 0.25) is 0 Å². The van der Waals surface area contributed by atoms with Crippen molar-refractivity contribution in [1.82, 2.24) is 4.98 Å². The summed E-state index contributed by atoms with van der Waals surface area (Å²) in [6.45, 7) is 8.44. The van der Waals surface area contributed by atoms with Gasteiger partial charge in [-0.1, -0.05) is 19.9 Å². The standard InChI is InChI=1S/C11H17NS/c1-8(2)10-6-5-9(7-12-10)11(3,4)13/h5-8,13H,1-4H3. The Bertz CT molecular complexity index is 269. The fraction of sp³-hybridized carbons (Fsp3) is 0.545. The van der Waals surface area contributed by atoms with Gasteiger partial charge in [0.15, 0.2) is 0 Å². The largest absolute Gasteiger partial charge is 0.261 e. The van der Waals surface area contributed by atoms with E-state index in [4.69, 9.17) is 0 Å². The normalized spacial score (nSPS) is 12.2. The molecule has 72 valence electrons. The topological polar surface area (TPSA) is 12.9 Å². The zero-order valence-electron chi connectivity index (χ0n) is 8.70. The second-order valence-corrected chi connectivity index (χ2v) is 5.30. The summed E-state index contributed by atoms with van der Waals surface area (Å²) in [7, 11) is 0. The van der Waals surface area contributed by atoms with Gasteiger partial charge in [-0.3, -0.25) is 4.98 Å². The van der Waals surface area contributed by atoms with Crippen LogP contribution in [0.15, 0.2) is 18.3 Å². The molecule has 1 rings (SSSR count). The van der Waals surface area contributed by atoms with Crippen LogP contribution in [0.2, 0.25) is 0 Å². The minimum absolute atomic E-state index is 0.0947. The van der Waals surface area contributed by atoms with Gasteiger partial charge < -0.3 is 0 Å². The van der Waals surface area contributed by atoms with Gasteiger partial charge >= 0.3 is 0 Å². The molecule has 0 aliphatic rings. The molecule has 1 heterocycles. The number of pyridine rings is 1. The van der Waals surface area contributed by atoms with E-state index in [-0.39, 0.29) is 4.75 Å². The van der Waals surface area contributed by atoms with E-state index in [9.17, 15) is 0 Å². The van der Waals surface area contributed by atoms with E-state index in [1.807, 2.05) is 6.20 Å². The second kappa shape index (κ2) is 3.70. The first-order valence-corrected chi connectivity index (χ1v) is 5.05. The number of nitrogens with zero attached hydrogens (tertiary/aromatic N) is 1. The highest BCUT2D eigenvalue weighted by molar-refractivity contribution is 7.81. The Labute approximate surface area is 86.0 Å². The summed E-state index contributed by atoms with van der Waals surface area (Å²) < 4.78 is -0.0947. The third-order valence-corrected chi connectivity index (χ3v) is 2.34. The van der Waals surface area contributed by atoms with Crippen LogP contribution in [0.5, 0.6) is 0 Å². The van der Waals surface area contributed by atoms with E-state index in [2.05, 4.69) is 57.4 Å². The lowest BCUT2D eigenvalue weighted by atomic mass is 10.0. The van der Waals surface area contributed by atoms with Crippen molar-refractivity contribution in [2.45, 2.75) is 38.4 Å². The summed E-state index contributed by atoms with van der Waals surface area (Å²) in [6.07, 6.45) is 1.92. The molecule has 0 aliphatic carbocycles. The zero-order chi connectivity index (χ0) is 10.1. The molecule has 0 saturated carbocycles. The highest BCUT2D eigenvalue weighted by atomic mass is 32.1. The van der Waals surface area contributed by atoms with Crippen molar-refractivity contribution < 1.29 is 0 Å². The van der Waals surface area contributed by atoms with Gasteiger partial charge in [0.25, 0.3) is 0 Å². The SMILES string of the molecule is CC(C)c1ccc(C(C)(C)S)cn1. The first kappa shape index (κ1) is 10.6. The molecule has 1 aromatic heterocycles. The summed E-state index contributed by atoms with van der Waals surface area (Å²) in [4.78, 5) is 4.40. The van der Waals surface area contributed by atoms with Crippen LogP contribution in [0.3, 0.4) is 0 Å². The maximum Gasteiger partial charge on any atom is 0.0429 e. The smallest absolute Gasteiger partial charge is 0.0429 e. The highest BCUT2D eigenvalue weighted by Gasteiger charge is 2.14. The van der Waals surface area contributed by atoms with Crippen LogP contribution in [-0.2, 0) is 4.75 Å². The van der Waals surface area contributed by atoms with Crippen molar-refractivity contribution in [3.05, 3.63) is 29.6 Å². The Morgan fingerprint density at radius 3 is 2.23 bits per heavy atom. The second-order valence-electron chi connectivity index (χ2n) is 4.19. The number of aromatic nitrogens is 1. The van der Waals surface area contributed by atoms with Gasteiger partial charge in [0.05, 0.1) is 0 Å². The molecule has 1 nitrogen and oxygen atoms in total. The highest BCUT2D eigenvalue weighted by Crippen LogP contribution is 2.26. The van der Waals surface area contributed by atoms with Gasteiger partial charge in [-0.05, 0) is 31.4 Å². The van der Waals surface area contributed by atoms with Crippen molar-refractivity contribution in [1.29, 1.82) is 0 Å². The molecular formula is C11H17NS. The Morgan fingerprint density at radius 1 is 1.31 bits per heavy atom. The van der Waals surface area contributed by atoms with E-state index in [1.54, 1.807) is 0 Å². The predicted molar refractivity (Wildman–Crippen MR) is 60.3 cm³/mol. The molecule has 0 bridgehead atoms. The fourth-order valence-corrected chi connectivity index (χ4v) is 1.24. The Balaban J connectivity index is 2.94. The molecule has 0 amide bonds. The molecule has 13 heavy (non-hydrogen) atoms. The molecule has 0 spiro atoms. The molecule has 1 aromatic rings. The first-order valence-electron chi connectivity index (χ1n) is 4.60. The summed E-state index contributed by atoms with van der Waals surface area (Å²) >= 11 is 4.49. The van der Waals surface area contributed by atoms with Crippen molar-refractivity contribution in [2.24, 2.45) is 0 Å². The van der Waals surface area contributed by atoms with Crippen LogP contribution in [0, 0.1) is 0 Å². The summed E-state index contributed by atoms with van der Waals surface area (Å²) in [5.74, 6) is 0.497. The van der Waals surface area contributed by atoms with Gasteiger partial charge in [-0.25, -0.2) is 0 Å². The van der Waals surface area contributed by atoms with E-state index in [1.165, 1.54) is 5.56 Å². The molecule has 0 atom stereocenters. The third kappa shape index (κ3) is 2.73. The zero-order valence-corrected chi connectivity index (χ0v) is 9.60. The molecule has 2 heteroatoms. The Morgan fingerprint density at radius 2 is 1.92 bits per heavy atom. The lowest BCUT2D eigenvalue weighted by Crippen LogP contribution is -2.08. The summed E-state index contributed by atoms with van der Waals surface area (Å²) in [5.41, 5.74) is 2.31. The van der Waals surface area contributed by atoms with Gasteiger partial charge in [-0.2, -0.15) is 12.6 Å². The van der Waals surface area contributed by atoms with Crippen LogP contribution in [0.25, 0.3) is 0 Å². The van der Waals surface area contributed by atoms with Crippen LogP contribution in [0.1, 0.15) is 44.9 Å². The molecule has 0 aromatic carbocycles. The first-order chi connectivity index (χ1) is 5.91. The van der Waals surface area contributed by atoms with Gasteiger partial charge in [0, 0.05) is 16.6 Å². The Hall–Kier alpha value is -0.500. The number of rotatable bonds is 2. The number of hydrogen-bond donors (Lipinski definition) is 1. The molecule has 0 unspecified atom stereocenters. The van der Waals surface area contributed by atoms with Crippen LogP contribution >= 0.6 is 12.6 Å². The lowest BCUT2D eigenvalue weighted by Gasteiger charge is -2.17. The van der Waals surface area contributed by atoms with E-state index in [0.717, 1.165) is 5.69 Å². The van der Waals surface area contributed by atoms with E-state index < -0.39 is 0 Å². The molecule has 0 aliphatic heterocycles. The quantitative estimate of drug-likeness (QED) is 0.714. The fourth-order valence-electron chi connectivity index (χ4n) is 1.11. The number of hydrogen-bond acceptors (Lipinski definition) is 2. The maximum absolute atomic E-state index is 4.49. The van der Waals surface area contributed by atoms with Crippen LogP contribution < -0.4 is 0 Å². The average molecular weight is 195 g/mol. The van der Waals surface area contributed by atoms with E-state index >= 15 is 0 Å².